The fourth-order valence-corrected chi connectivity index (χ4v) is 6.09. The standard InChI is InChI=1S/C31H34Cl2F3N3O4S/c1-3-17-37-30(41)28(19-22-10-5-4-6-11-22)38(21-25-26(32)14-8-15-27(25)33)29(40)16-9-18-39(44(2,42)43)24-13-7-12-23(20-24)31(34,35)36/h4-8,10-15,20,28H,3,9,16-19,21H2,1-2H3,(H,37,41). The molecule has 1 unspecified atom stereocenters. The zero-order valence-corrected chi connectivity index (χ0v) is 26.6. The zero-order valence-electron chi connectivity index (χ0n) is 24.3. The highest BCUT2D eigenvalue weighted by atomic mass is 35.5. The molecule has 0 spiro atoms. The van der Waals surface area contributed by atoms with Crippen LogP contribution < -0.4 is 9.62 Å². The van der Waals surface area contributed by atoms with Crippen LogP contribution in [0.2, 0.25) is 10.0 Å². The summed E-state index contributed by atoms with van der Waals surface area (Å²) in [6, 6.07) is 17.1. The van der Waals surface area contributed by atoms with E-state index in [0.29, 0.717) is 28.6 Å². The molecule has 0 heterocycles. The van der Waals surface area contributed by atoms with Crippen molar-refractivity contribution in [3.05, 3.63) is 99.5 Å². The Labute approximate surface area is 266 Å². The summed E-state index contributed by atoms with van der Waals surface area (Å²) >= 11 is 12.9. The SMILES string of the molecule is CCCNC(=O)C(Cc1ccccc1)N(Cc1c(Cl)cccc1Cl)C(=O)CCCN(c1cccc(C(F)(F)F)c1)S(C)(=O)=O. The van der Waals surface area contributed by atoms with E-state index in [4.69, 9.17) is 23.2 Å². The highest BCUT2D eigenvalue weighted by Gasteiger charge is 2.33. The molecule has 1 atom stereocenters. The van der Waals surface area contributed by atoms with Crippen LogP contribution >= 0.6 is 23.2 Å². The Bertz CT molecular complexity index is 1520. The van der Waals surface area contributed by atoms with Crippen LogP contribution in [0.15, 0.2) is 72.8 Å². The lowest BCUT2D eigenvalue weighted by molar-refractivity contribution is -0.141. The molecular weight excluding hydrogens is 638 g/mol. The van der Waals surface area contributed by atoms with E-state index < -0.39 is 33.7 Å². The van der Waals surface area contributed by atoms with Gasteiger partial charge in [0.05, 0.1) is 17.5 Å². The quantitative estimate of drug-likeness (QED) is 0.206. The van der Waals surface area contributed by atoms with Crippen LogP contribution in [-0.4, -0.2) is 50.5 Å². The third-order valence-corrected chi connectivity index (χ3v) is 8.73. The Morgan fingerprint density at radius 1 is 0.955 bits per heavy atom. The predicted octanol–water partition coefficient (Wildman–Crippen LogP) is 6.72. The average molecular weight is 673 g/mol. The fraction of sp³-hybridized carbons (Fsp3) is 0.355. The van der Waals surface area contributed by atoms with E-state index >= 15 is 0 Å². The van der Waals surface area contributed by atoms with Gasteiger partial charge in [-0.1, -0.05) is 72.6 Å². The third-order valence-electron chi connectivity index (χ3n) is 6.82. The molecule has 0 bridgehead atoms. The van der Waals surface area contributed by atoms with Gasteiger partial charge in [-0.15, -0.1) is 0 Å². The second-order valence-corrected chi connectivity index (χ2v) is 12.9. The highest BCUT2D eigenvalue weighted by molar-refractivity contribution is 7.92. The molecule has 0 aliphatic heterocycles. The van der Waals surface area contributed by atoms with Gasteiger partial charge in [-0.2, -0.15) is 13.2 Å². The summed E-state index contributed by atoms with van der Waals surface area (Å²) in [4.78, 5) is 28.7. The molecule has 7 nitrogen and oxygen atoms in total. The highest BCUT2D eigenvalue weighted by Crippen LogP contribution is 2.32. The van der Waals surface area contributed by atoms with Gasteiger partial charge >= 0.3 is 6.18 Å². The van der Waals surface area contributed by atoms with E-state index in [0.717, 1.165) is 34.3 Å². The first-order valence-electron chi connectivity index (χ1n) is 13.9. The predicted molar refractivity (Wildman–Crippen MR) is 167 cm³/mol. The third kappa shape index (κ3) is 9.87. The lowest BCUT2D eigenvalue weighted by Gasteiger charge is -2.32. The van der Waals surface area contributed by atoms with Crippen molar-refractivity contribution in [1.82, 2.24) is 10.2 Å². The summed E-state index contributed by atoms with van der Waals surface area (Å²) in [5.41, 5.74) is 0.0759. The van der Waals surface area contributed by atoms with Crippen LogP contribution in [0.5, 0.6) is 0 Å². The number of rotatable bonds is 14. The van der Waals surface area contributed by atoms with E-state index in [1.54, 1.807) is 18.2 Å². The molecule has 13 heteroatoms. The number of sulfonamides is 1. The molecule has 0 fully saturated rings. The molecule has 3 aromatic carbocycles. The monoisotopic (exact) mass is 671 g/mol. The van der Waals surface area contributed by atoms with Crippen molar-refractivity contribution in [3.8, 4) is 0 Å². The fourth-order valence-electron chi connectivity index (χ4n) is 4.61. The number of alkyl halides is 3. The van der Waals surface area contributed by atoms with Gasteiger partial charge in [-0.05, 0) is 48.7 Å². The second-order valence-electron chi connectivity index (χ2n) is 10.2. The summed E-state index contributed by atoms with van der Waals surface area (Å²) in [5, 5.41) is 3.46. The van der Waals surface area contributed by atoms with Crippen LogP contribution in [0.1, 0.15) is 42.9 Å². The molecule has 0 saturated heterocycles. The maximum atomic E-state index is 13.9. The number of amides is 2. The smallest absolute Gasteiger partial charge is 0.354 e. The molecular formula is C31H34Cl2F3N3O4S. The molecule has 0 radical (unpaired) electrons. The topological polar surface area (TPSA) is 86.8 Å². The van der Waals surface area contributed by atoms with Gasteiger partial charge in [-0.3, -0.25) is 13.9 Å². The van der Waals surface area contributed by atoms with Gasteiger partial charge < -0.3 is 10.2 Å². The molecule has 0 saturated carbocycles. The molecule has 238 valence electrons. The van der Waals surface area contributed by atoms with Gasteiger partial charge in [0.1, 0.15) is 6.04 Å². The number of hydrogen-bond acceptors (Lipinski definition) is 4. The van der Waals surface area contributed by atoms with Gasteiger partial charge in [0.25, 0.3) is 0 Å². The summed E-state index contributed by atoms with van der Waals surface area (Å²) in [7, 11) is -4.00. The Kier molecular flexibility index (Phi) is 12.5. The molecule has 1 N–H and O–H groups in total. The van der Waals surface area contributed by atoms with Gasteiger partial charge in [0.15, 0.2) is 0 Å². The molecule has 0 aliphatic carbocycles. The van der Waals surface area contributed by atoms with Gasteiger partial charge in [0, 0.05) is 48.1 Å². The minimum absolute atomic E-state index is 0.0382. The van der Waals surface area contributed by atoms with Crippen LogP contribution in [0.3, 0.4) is 0 Å². The Balaban J connectivity index is 1.93. The van der Waals surface area contributed by atoms with E-state index in [1.165, 1.54) is 11.0 Å². The number of nitrogens with one attached hydrogen (secondary N) is 1. The first-order valence-corrected chi connectivity index (χ1v) is 16.5. The first-order chi connectivity index (χ1) is 20.7. The molecule has 0 aliphatic rings. The number of carbonyl (C=O) groups excluding carboxylic acids is 2. The Hall–Kier alpha value is -3.28. The maximum absolute atomic E-state index is 13.9. The average Bonchev–Trinajstić information content (AvgIpc) is 2.96. The summed E-state index contributed by atoms with van der Waals surface area (Å²) < 4.78 is 66.0. The van der Waals surface area contributed by atoms with Crippen molar-refractivity contribution < 1.29 is 31.2 Å². The normalized spacial score (nSPS) is 12.4. The number of benzene rings is 3. The largest absolute Gasteiger partial charge is 0.416 e. The number of anilines is 1. The van der Waals surface area contributed by atoms with E-state index in [9.17, 15) is 31.2 Å². The van der Waals surface area contributed by atoms with Crippen LogP contribution in [0.4, 0.5) is 18.9 Å². The summed E-state index contributed by atoms with van der Waals surface area (Å²) in [6.45, 7) is 1.92. The number of halogens is 5. The Morgan fingerprint density at radius 2 is 1.59 bits per heavy atom. The van der Waals surface area contributed by atoms with Crippen LogP contribution in [-0.2, 0) is 38.8 Å². The van der Waals surface area contributed by atoms with Crippen molar-refractivity contribution in [2.75, 3.05) is 23.7 Å². The van der Waals surface area contributed by atoms with Crippen molar-refractivity contribution in [1.29, 1.82) is 0 Å². The first kappa shape index (κ1) is 35.2. The summed E-state index contributed by atoms with van der Waals surface area (Å²) in [5.74, 6) is -0.861. The second kappa shape index (κ2) is 15.6. The summed E-state index contributed by atoms with van der Waals surface area (Å²) in [6.07, 6.45) is -3.17. The maximum Gasteiger partial charge on any atom is 0.416 e. The van der Waals surface area contributed by atoms with Crippen LogP contribution in [0.25, 0.3) is 0 Å². The van der Waals surface area contributed by atoms with Crippen molar-refractivity contribution in [2.45, 2.75) is 51.4 Å². The van der Waals surface area contributed by atoms with Crippen LogP contribution in [0, 0.1) is 0 Å². The van der Waals surface area contributed by atoms with Crippen molar-refractivity contribution >= 4 is 50.7 Å². The lowest BCUT2D eigenvalue weighted by Crippen LogP contribution is -2.50. The zero-order chi connectivity index (χ0) is 32.5. The van der Waals surface area contributed by atoms with Gasteiger partial charge in [0.2, 0.25) is 21.8 Å². The molecule has 0 aromatic heterocycles. The minimum Gasteiger partial charge on any atom is -0.354 e. The van der Waals surface area contributed by atoms with E-state index in [-0.39, 0.29) is 43.9 Å². The molecule has 2 amide bonds. The number of carbonyl (C=O) groups is 2. The van der Waals surface area contributed by atoms with Crippen molar-refractivity contribution in [2.24, 2.45) is 0 Å². The van der Waals surface area contributed by atoms with E-state index in [2.05, 4.69) is 5.32 Å². The van der Waals surface area contributed by atoms with Gasteiger partial charge in [-0.25, -0.2) is 8.42 Å². The minimum atomic E-state index is -4.66. The molecule has 3 rings (SSSR count). The van der Waals surface area contributed by atoms with Crippen molar-refractivity contribution in [3.63, 3.8) is 0 Å². The Morgan fingerprint density at radius 3 is 2.18 bits per heavy atom. The molecule has 3 aromatic rings. The lowest BCUT2D eigenvalue weighted by atomic mass is 10.0. The van der Waals surface area contributed by atoms with E-state index in [1.807, 2.05) is 37.3 Å². The molecule has 44 heavy (non-hydrogen) atoms. The number of nitrogens with zero attached hydrogens (tertiary/aromatic N) is 2. The number of hydrogen-bond donors (Lipinski definition) is 1.